The molecule has 0 radical (unpaired) electrons. The Bertz CT molecular complexity index is 2010. The number of nitrogens with one attached hydrogen (secondary N) is 1. The standard InChI is InChI=1S/C29H24F2N8O2S/c1-4-38-13-19(15(3)37-38)17-11-20(25(30)31)35-29-22(17)23(24(42-29)26(32)40)36-28(41)18-12-34-39-21(9-10-33-27(18)39)16-7-5-14(2)6-8-16/h5-13,25H,4H2,1-3H3,(H2,32,40)(H,36,41). The van der Waals surface area contributed by atoms with Crippen molar-refractivity contribution in [3.8, 4) is 22.4 Å². The van der Waals surface area contributed by atoms with Gasteiger partial charge in [0, 0.05) is 35.5 Å². The predicted octanol–water partition coefficient (Wildman–Crippen LogP) is 5.80. The van der Waals surface area contributed by atoms with Gasteiger partial charge in [-0.05, 0) is 38.5 Å². The van der Waals surface area contributed by atoms with Gasteiger partial charge in [-0.25, -0.2) is 23.3 Å². The number of rotatable bonds is 7. The Morgan fingerprint density at radius 1 is 1.12 bits per heavy atom. The zero-order valence-electron chi connectivity index (χ0n) is 22.7. The Balaban J connectivity index is 1.50. The topological polar surface area (TPSA) is 133 Å². The maximum Gasteiger partial charge on any atom is 0.280 e. The molecular formula is C29H24F2N8O2S. The molecule has 0 saturated heterocycles. The number of nitrogens with zero attached hydrogens (tertiary/aromatic N) is 6. The minimum absolute atomic E-state index is 0.0242. The molecule has 0 aliphatic heterocycles. The largest absolute Gasteiger partial charge is 0.365 e. The van der Waals surface area contributed by atoms with Crippen LogP contribution >= 0.6 is 11.3 Å². The predicted molar refractivity (Wildman–Crippen MR) is 156 cm³/mol. The number of benzene rings is 1. The first kappa shape index (κ1) is 27.1. The number of thiophene rings is 1. The van der Waals surface area contributed by atoms with E-state index in [0.29, 0.717) is 34.4 Å². The number of nitrogens with two attached hydrogens (primary N) is 1. The number of aryl methyl sites for hydroxylation is 3. The lowest BCUT2D eigenvalue weighted by atomic mass is 10.0. The van der Waals surface area contributed by atoms with Crippen LogP contribution in [0.2, 0.25) is 0 Å². The van der Waals surface area contributed by atoms with E-state index >= 15 is 0 Å². The molecule has 6 aromatic rings. The van der Waals surface area contributed by atoms with Crippen molar-refractivity contribution in [1.82, 2.24) is 29.4 Å². The van der Waals surface area contributed by atoms with Gasteiger partial charge in [0.1, 0.15) is 21.0 Å². The number of pyridine rings is 1. The van der Waals surface area contributed by atoms with Gasteiger partial charge in [0.25, 0.3) is 18.2 Å². The molecule has 42 heavy (non-hydrogen) atoms. The molecule has 0 unspecified atom stereocenters. The Morgan fingerprint density at radius 3 is 2.55 bits per heavy atom. The number of anilines is 1. The van der Waals surface area contributed by atoms with Crippen molar-refractivity contribution >= 4 is 44.7 Å². The van der Waals surface area contributed by atoms with Gasteiger partial charge in [-0.2, -0.15) is 10.2 Å². The lowest BCUT2D eigenvalue weighted by molar-refractivity contribution is 0.100. The van der Waals surface area contributed by atoms with Crippen molar-refractivity contribution in [3.63, 3.8) is 0 Å². The van der Waals surface area contributed by atoms with Gasteiger partial charge in [-0.1, -0.05) is 29.8 Å². The number of aromatic nitrogens is 6. The molecule has 0 bridgehead atoms. The molecule has 0 spiro atoms. The van der Waals surface area contributed by atoms with Crippen LogP contribution in [0.4, 0.5) is 14.5 Å². The second-order valence-electron chi connectivity index (χ2n) is 9.67. The fourth-order valence-corrected chi connectivity index (χ4v) is 5.87. The number of alkyl halides is 2. The molecule has 0 aliphatic carbocycles. The Kier molecular flexibility index (Phi) is 6.73. The summed E-state index contributed by atoms with van der Waals surface area (Å²) in [6, 6.07) is 10.9. The van der Waals surface area contributed by atoms with Crippen molar-refractivity contribution in [3.05, 3.63) is 82.4 Å². The molecule has 6 rings (SSSR count). The highest BCUT2D eigenvalue weighted by atomic mass is 32.1. The highest BCUT2D eigenvalue weighted by Crippen LogP contribution is 2.43. The lowest BCUT2D eigenvalue weighted by Crippen LogP contribution is -2.17. The van der Waals surface area contributed by atoms with E-state index in [0.717, 1.165) is 28.2 Å². The molecule has 10 nitrogen and oxygen atoms in total. The zero-order chi connectivity index (χ0) is 29.7. The molecule has 1 aromatic carbocycles. The van der Waals surface area contributed by atoms with Crippen molar-refractivity contribution in [2.45, 2.75) is 33.7 Å². The van der Waals surface area contributed by atoms with Gasteiger partial charge in [0.05, 0.1) is 23.3 Å². The molecule has 2 amide bonds. The second-order valence-corrected chi connectivity index (χ2v) is 10.7. The number of amides is 2. The molecule has 0 fully saturated rings. The first-order chi connectivity index (χ1) is 20.2. The first-order valence-electron chi connectivity index (χ1n) is 13.0. The summed E-state index contributed by atoms with van der Waals surface area (Å²) >= 11 is 0.837. The van der Waals surface area contributed by atoms with E-state index in [4.69, 9.17) is 5.73 Å². The summed E-state index contributed by atoms with van der Waals surface area (Å²) in [4.78, 5) is 34.9. The second kappa shape index (κ2) is 10.4. The summed E-state index contributed by atoms with van der Waals surface area (Å²) in [7, 11) is 0. The number of carbonyl (C=O) groups is 2. The molecule has 0 aliphatic rings. The third kappa shape index (κ3) is 4.57. The third-order valence-corrected chi connectivity index (χ3v) is 8.02. The maximum atomic E-state index is 13.9. The monoisotopic (exact) mass is 586 g/mol. The summed E-state index contributed by atoms with van der Waals surface area (Å²) in [6.45, 7) is 6.20. The van der Waals surface area contributed by atoms with Crippen LogP contribution in [0.3, 0.4) is 0 Å². The fourth-order valence-electron chi connectivity index (χ4n) is 4.85. The summed E-state index contributed by atoms with van der Waals surface area (Å²) < 4.78 is 31.0. The summed E-state index contributed by atoms with van der Waals surface area (Å²) in [5.41, 5.74) is 9.97. The van der Waals surface area contributed by atoms with Gasteiger partial charge in [0.15, 0.2) is 5.65 Å². The average Bonchev–Trinajstić information content (AvgIpc) is 3.68. The van der Waals surface area contributed by atoms with Crippen LogP contribution in [0.15, 0.2) is 55.0 Å². The number of primary amides is 1. The number of fused-ring (bicyclic) bond motifs is 2. The van der Waals surface area contributed by atoms with E-state index in [-0.39, 0.29) is 21.0 Å². The van der Waals surface area contributed by atoms with E-state index in [1.807, 2.05) is 38.1 Å². The molecule has 3 N–H and O–H groups in total. The van der Waals surface area contributed by atoms with E-state index in [2.05, 4.69) is 25.5 Å². The van der Waals surface area contributed by atoms with Crippen LogP contribution in [0.5, 0.6) is 0 Å². The highest BCUT2D eigenvalue weighted by molar-refractivity contribution is 7.21. The summed E-state index contributed by atoms with van der Waals surface area (Å²) in [5.74, 6) is -1.44. The number of hydrogen-bond acceptors (Lipinski definition) is 7. The van der Waals surface area contributed by atoms with Crippen LogP contribution in [0.25, 0.3) is 38.2 Å². The van der Waals surface area contributed by atoms with Crippen molar-refractivity contribution in [2.24, 2.45) is 5.73 Å². The summed E-state index contributed by atoms with van der Waals surface area (Å²) in [6.07, 6.45) is 1.84. The molecule has 5 heterocycles. The van der Waals surface area contributed by atoms with E-state index < -0.39 is 23.9 Å². The SMILES string of the molecule is CCn1cc(-c2cc(C(F)F)nc3sc(C(N)=O)c(NC(=O)c4cnn5c(-c6ccc(C)cc6)ccnc45)c23)c(C)n1. The van der Waals surface area contributed by atoms with Crippen LogP contribution in [0.1, 0.15) is 50.3 Å². The van der Waals surface area contributed by atoms with Gasteiger partial charge in [0.2, 0.25) is 0 Å². The maximum absolute atomic E-state index is 13.9. The van der Waals surface area contributed by atoms with Gasteiger partial charge < -0.3 is 11.1 Å². The van der Waals surface area contributed by atoms with Crippen LogP contribution in [-0.4, -0.2) is 41.2 Å². The minimum Gasteiger partial charge on any atom is -0.365 e. The van der Waals surface area contributed by atoms with Crippen LogP contribution in [0, 0.1) is 13.8 Å². The van der Waals surface area contributed by atoms with E-state index in [9.17, 15) is 18.4 Å². The zero-order valence-corrected chi connectivity index (χ0v) is 23.5. The van der Waals surface area contributed by atoms with Gasteiger partial charge in [-0.15, -0.1) is 11.3 Å². The highest BCUT2D eigenvalue weighted by Gasteiger charge is 2.27. The number of hydrogen-bond donors (Lipinski definition) is 2. The van der Waals surface area contributed by atoms with Gasteiger partial charge in [-0.3, -0.25) is 14.3 Å². The molecule has 0 atom stereocenters. The van der Waals surface area contributed by atoms with Crippen molar-refractivity contribution in [1.29, 1.82) is 0 Å². The summed E-state index contributed by atoms with van der Waals surface area (Å²) in [5, 5.41) is 12.0. The van der Waals surface area contributed by atoms with Crippen LogP contribution < -0.4 is 11.1 Å². The minimum atomic E-state index is -2.86. The molecule has 0 saturated carbocycles. The Morgan fingerprint density at radius 2 is 1.88 bits per heavy atom. The van der Waals surface area contributed by atoms with Crippen molar-refractivity contribution < 1.29 is 18.4 Å². The fraction of sp³-hybridized carbons (Fsp3) is 0.172. The smallest absolute Gasteiger partial charge is 0.280 e. The van der Waals surface area contributed by atoms with Crippen LogP contribution in [-0.2, 0) is 6.54 Å². The van der Waals surface area contributed by atoms with E-state index in [1.165, 1.54) is 12.3 Å². The number of carbonyl (C=O) groups excluding carboxylic acids is 2. The Labute approximate surface area is 241 Å². The molecular weight excluding hydrogens is 562 g/mol. The Hall–Kier alpha value is -5.04. The van der Waals surface area contributed by atoms with Crippen molar-refractivity contribution in [2.75, 3.05) is 5.32 Å². The quantitative estimate of drug-likeness (QED) is 0.243. The average molecular weight is 587 g/mol. The van der Waals surface area contributed by atoms with Gasteiger partial charge >= 0.3 is 0 Å². The molecule has 5 aromatic heterocycles. The molecule has 13 heteroatoms. The number of halogens is 2. The normalized spacial score (nSPS) is 11.6. The first-order valence-corrected chi connectivity index (χ1v) is 13.8. The van der Waals surface area contributed by atoms with E-state index in [1.54, 1.807) is 34.6 Å². The third-order valence-electron chi connectivity index (χ3n) is 6.92. The lowest BCUT2D eigenvalue weighted by Gasteiger charge is -2.10. The molecule has 212 valence electrons.